The molecule has 0 bridgehead atoms. The molecule has 0 N–H and O–H groups in total. The third-order valence-corrected chi connectivity index (χ3v) is 4.02. The van der Waals surface area contributed by atoms with E-state index in [0.29, 0.717) is 22.8 Å². The summed E-state index contributed by atoms with van der Waals surface area (Å²) < 4.78 is 45.6. The quantitative estimate of drug-likeness (QED) is 0.537. The maximum absolute atomic E-state index is 13.0. The Morgan fingerprint density at radius 3 is 2.59 bits per heavy atom. The zero-order chi connectivity index (χ0) is 19.0. The molecule has 27 heavy (non-hydrogen) atoms. The molecule has 4 rings (SSSR count). The van der Waals surface area contributed by atoms with Crippen molar-refractivity contribution in [3.63, 3.8) is 0 Å². The number of alkyl halides is 3. The van der Waals surface area contributed by atoms with Gasteiger partial charge in [-0.3, -0.25) is 4.98 Å². The van der Waals surface area contributed by atoms with Crippen molar-refractivity contribution in [1.82, 2.24) is 24.9 Å². The molecule has 136 valence electrons. The lowest BCUT2D eigenvalue weighted by Crippen LogP contribution is -2.07. The maximum atomic E-state index is 13.0. The van der Waals surface area contributed by atoms with E-state index in [2.05, 4.69) is 20.2 Å². The van der Waals surface area contributed by atoms with Crippen LogP contribution in [0.3, 0.4) is 0 Å². The summed E-state index contributed by atoms with van der Waals surface area (Å²) in [6, 6.07) is 8.44. The zero-order valence-electron chi connectivity index (χ0n) is 14.0. The van der Waals surface area contributed by atoms with Gasteiger partial charge < -0.3 is 4.52 Å². The first kappa shape index (κ1) is 17.0. The van der Waals surface area contributed by atoms with Crippen LogP contribution in [-0.2, 0) is 6.18 Å². The lowest BCUT2D eigenvalue weighted by atomic mass is 10.2. The lowest BCUT2D eigenvalue weighted by Gasteiger charge is -2.10. The van der Waals surface area contributed by atoms with E-state index in [1.807, 2.05) is 0 Å². The highest BCUT2D eigenvalue weighted by molar-refractivity contribution is 5.61. The molecule has 3 heterocycles. The average molecular weight is 371 g/mol. The van der Waals surface area contributed by atoms with E-state index in [0.717, 1.165) is 17.7 Å². The number of pyridine rings is 1. The molecule has 0 aliphatic rings. The van der Waals surface area contributed by atoms with Gasteiger partial charge in [0.2, 0.25) is 5.82 Å². The summed E-state index contributed by atoms with van der Waals surface area (Å²) in [6.07, 6.45) is 0.288. The Hall–Kier alpha value is -3.49. The molecule has 0 aliphatic carbocycles. The fourth-order valence-electron chi connectivity index (χ4n) is 2.64. The van der Waals surface area contributed by atoms with Gasteiger partial charge in [-0.15, -0.1) is 0 Å². The molecular weight excluding hydrogens is 359 g/mol. The minimum absolute atomic E-state index is 0.234. The molecule has 1 aromatic carbocycles. The lowest BCUT2D eigenvalue weighted by molar-refractivity contribution is -0.137. The van der Waals surface area contributed by atoms with E-state index in [1.165, 1.54) is 16.9 Å². The number of hydrogen-bond acceptors (Lipinski definition) is 5. The van der Waals surface area contributed by atoms with Gasteiger partial charge in [0.15, 0.2) is 0 Å². The second-order valence-electron chi connectivity index (χ2n) is 5.76. The molecule has 3 aromatic heterocycles. The summed E-state index contributed by atoms with van der Waals surface area (Å²) in [7, 11) is 0. The van der Waals surface area contributed by atoms with Gasteiger partial charge in [-0.1, -0.05) is 11.2 Å². The normalized spacial score (nSPS) is 11.7. The Kier molecular flexibility index (Phi) is 3.98. The first-order valence-electron chi connectivity index (χ1n) is 7.90. The molecular formula is C18H12F3N5O. The molecule has 6 nitrogen and oxygen atoms in total. The van der Waals surface area contributed by atoms with Crippen molar-refractivity contribution in [3.05, 3.63) is 66.2 Å². The summed E-state index contributed by atoms with van der Waals surface area (Å²) in [5.74, 6) is 0.621. The monoisotopic (exact) mass is 371 g/mol. The maximum Gasteiger partial charge on any atom is 0.416 e. The number of halogens is 3. The first-order valence-corrected chi connectivity index (χ1v) is 7.90. The fourth-order valence-corrected chi connectivity index (χ4v) is 2.64. The van der Waals surface area contributed by atoms with E-state index < -0.39 is 11.7 Å². The Bertz CT molecular complexity index is 1090. The SMILES string of the molecule is Cc1c(-c2nc(-c3ccncc3)no2)cnn1-c1cccc(C(F)(F)F)c1. The third-order valence-electron chi connectivity index (χ3n) is 4.02. The Morgan fingerprint density at radius 2 is 1.85 bits per heavy atom. The average Bonchev–Trinajstić information content (AvgIpc) is 3.28. The van der Waals surface area contributed by atoms with Gasteiger partial charge in [0, 0.05) is 18.0 Å². The predicted octanol–water partition coefficient (Wildman–Crippen LogP) is 4.31. The predicted molar refractivity (Wildman–Crippen MR) is 89.8 cm³/mol. The molecule has 9 heteroatoms. The van der Waals surface area contributed by atoms with Crippen molar-refractivity contribution in [2.45, 2.75) is 13.1 Å². The highest BCUT2D eigenvalue weighted by atomic mass is 19.4. The molecule has 0 fully saturated rings. The highest BCUT2D eigenvalue weighted by Crippen LogP contribution is 2.31. The van der Waals surface area contributed by atoms with Crippen LogP contribution in [0.15, 0.2) is 59.5 Å². The van der Waals surface area contributed by atoms with Gasteiger partial charge in [-0.25, -0.2) is 4.68 Å². The second kappa shape index (κ2) is 6.35. The van der Waals surface area contributed by atoms with Crippen LogP contribution < -0.4 is 0 Å². The molecule has 0 saturated carbocycles. The van der Waals surface area contributed by atoms with E-state index in [4.69, 9.17) is 4.52 Å². The number of hydrogen-bond donors (Lipinski definition) is 0. The summed E-state index contributed by atoms with van der Waals surface area (Å²) in [5, 5.41) is 8.11. The van der Waals surface area contributed by atoms with Crippen LogP contribution in [0.1, 0.15) is 11.3 Å². The molecule has 4 aromatic rings. The number of aromatic nitrogens is 5. The van der Waals surface area contributed by atoms with Crippen molar-refractivity contribution < 1.29 is 17.7 Å². The van der Waals surface area contributed by atoms with Gasteiger partial charge in [0.25, 0.3) is 5.89 Å². The van der Waals surface area contributed by atoms with Gasteiger partial charge >= 0.3 is 6.18 Å². The summed E-state index contributed by atoms with van der Waals surface area (Å²) in [4.78, 5) is 8.27. The van der Waals surface area contributed by atoms with Crippen molar-refractivity contribution in [1.29, 1.82) is 0 Å². The van der Waals surface area contributed by atoms with Crippen LogP contribution in [0.5, 0.6) is 0 Å². The minimum Gasteiger partial charge on any atom is -0.333 e. The molecule has 0 atom stereocenters. The number of rotatable bonds is 3. The van der Waals surface area contributed by atoms with Crippen LogP contribution in [0.4, 0.5) is 13.2 Å². The van der Waals surface area contributed by atoms with Gasteiger partial charge in [-0.05, 0) is 37.3 Å². The van der Waals surface area contributed by atoms with E-state index in [9.17, 15) is 13.2 Å². The van der Waals surface area contributed by atoms with Crippen LogP contribution in [0.25, 0.3) is 28.5 Å². The van der Waals surface area contributed by atoms with Gasteiger partial charge in [0.05, 0.1) is 28.7 Å². The number of benzene rings is 1. The number of nitrogens with zero attached hydrogens (tertiary/aromatic N) is 5. The van der Waals surface area contributed by atoms with Crippen LogP contribution in [0, 0.1) is 6.92 Å². The zero-order valence-corrected chi connectivity index (χ0v) is 14.0. The molecule has 0 radical (unpaired) electrons. The molecule has 0 aliphatic heterocycles. The van der Waals surface area contributed by atoms with Crippen molar-refractivity contribution in [2.24, 2.45) is 0 Å². The Morgan fingerprint density at radius 1 is 1.07 bits per heavy atom. The minimum atomic E-state index is -4.42. The fraction of sp³-hybridized carbons (Fsp3) is 0.111. The van der Waals surface area contributed by atoms with Crippen molar-refractivity contribution in [3.8, 4) is 28.5 Å². The smallest absolute Gasteiger partial charge is 0.333 e. The first-order chi connectivity index (χ1) is 12.9. The van der Waals surface area contributed by atoms with E-state index in [-0.39, 0.29) is 5.89 Å². The highest BCUT2D eigenvalue weighted by Gasteiger charge is 2.30. The summed E-state index contributed by atoms with van der Waals surface area (Å²) >= 11 is 0. The Balaban J connectivity index is 1.71. The van der Waals surface area contributed by atoms with Crippen LogP contribution in [0.2, 0.25) is 0 Å². The molecule has 0 saturated heterocycles. The Labute approximate surface area is 151 Å². The standard InChI is InChI=1S/C18H12F3N5O/c1-11-15(17-24-16(25-27-17)12-5-7-22-8-6-12)10-23-26(11)14-4-2-3-13(9-14)18(19,20)21/h2-10H,1H3. The molecule has 0 unspecified atom stereocenters. The second-order valence-corrected chi connectivity index (χ2v) is 5.76. The van der Waals surface area contributed by atoms with E-state index in [1.54, 1.807) is 37.5 Å². The third kappa shape index (κ3) is 3.19. The van der Waals surface area contributed by atoms with Crippen molar-refractivity contribution >= 4 is 0 Å². The van der Waals surface area contributed by atoms with Crippen molar-refractivity contribution in [2.75, 3.05) is 0 Å². The van der Waals surface area contributed by atoms with Crippen LogP contribution in [-0.4, -0.2) is 24.9 Å². The van der Waals surface area contributed by atoms with E-state index >= 15 is 0 Å². The van der Waals surface area contributed by atoms with Gasteiger partial charge in [-0.2, -0.15) is 23.3 Å². The summed E-state index contributed by atoms with van der Waals surface area (Å²) in [6.45, 7) is 1.72. The topological polar surface area (TPSA) is 69.6 Å². The molecule has 0 spiro atoms. The summed E-state index contributed by atoms with van der Waals surface area (Å²) in [5.41, 5.74) is 1.42. The van der Waals surface area contributed by atoms with Gasteiger partial charge in [0.1, 0.15) is 0 Å². The largest absolute Gasteiger partial charge is 0.416 e. The molecule has 0 amide bonds. The van der Waals surface area contributed by atoms with Crippen LogP contribution >= 0.6 is 0 Å².